The minimum atomic E-state index is -0.641. The first kappa shape index (κ1) is 12.6. The summed E-state index contributed by atoms with van der Waals surface area (Å²) in [6, 6.07) is -0.641. The maximum absolute atomic E-state index is 9.62. The van der Waals surface area contributed by atoms with Gasteiger partial charge in [-0.1, -0.05) is 0 Å². The Balaban J connectivity index is 0.000000288. The molecule has 0 saturated carbocycles. The van der Waals surface area contributed by atoms with Gasteiger partial charge in [0.25, 0.3) is 0 Å². The highest BCUT2D eigenvalue weighted by Crippen LogP contribution is 1.97. The first-order valence-corrected chi connectivity index (χ1v) is 3.76. The number of primary amides is 1. The van der Waals surface area contributed by atoms with Gasteiger partial charge in [0, 0.05) is 6.21 Å². The molecule has 8 N–H and O–H groups in total. The monoisotopic (exact) mass is 212 g/mol. The number of hydrogen-bond acceptors (Lipinski definition) is 7. The van der Waals surface area contributed by atoms with E-state index in [4.69, 9.17) is 17.2 Å². The molecule has 0 spiro atoms. The van der Waals surface area contributed by atoms with Crippen LogP contribution in [0, 0.1) is 0 Å². The minimum Gasteiger partial charge on any atom is -0.368 e. The molecule has 2 amide bonds. The van der Waals surface area contributed by atoms with Crippen molar-refractivity contribution in [3.8, 4) is 0 Å². The van der Waals surface area contributed by atoms with Crippen LogP contribution in [0.2, 0.25) is 0 Å². The van der Waals surface area contributed by atoms with Gasteiger partial charge in [-0.15, -0.1) is 0 Å². The normalized spacial score (nSPS) is 9.40. The number of anilines is 3. The van der Waals surface area contributed by atoms with Gasteiger partial charge in [0.1, 0.15) is 0 Å². The average molecular weight is 212 g/mol. The topological polar surface area (TPSA) is 172 Å². The lowest BCUT2D eigenvalue weighted by molar-refractivity contribution is 0.257. The van der Waals surface area contributed by atoms with Crippen LogP contribution in [0.1, 0.15) is 6.92 Å². The Bertz CT molecular complexity index is 312. The molecule has 0 aliphatic rings. The number of rotatable bonds is 0. The summed E-state index contributed by atoms with van der Waals surface area (Å²) in [5, 5.41) is 0. The summed E-state index contributed by atoms with van der Waals surface area (Å²) in [7, 11) is 0. The van der Waals surface area contributed by atoms with Gasteiger partial charge >= 0.3 is 6.03 Å². The average Bonchev–Trinajstić information content (AvgIpc) is 2.00. The van der Waals surface area contributed by atoms with Crippen molar-refractivity contribution in [3.05, 3.63) is 0 Å². The van der Waals surface area contributed by atoms with Crippen LogP contribution in [0.5, 0.6) is 0 Å². The lowest BCUT2D eigenvalue weighted by Crippen LogP contribution is -2.05. The summed E-state index contributed by atoms with van der Waals surface area (Å²) < 4.78 is 0. The van der Waals surface area contributed by atoms with E-state index in [1.807, 2.05) is 0 Å². The van der Waals surface area contributed by atoms with Crippen molar-refractivity contribution in [2.75, 3.05) is 17.2 Å². The molecule has 15 heavy (non-hydrogen) atoms. The van der Waals surface area contributed by atoms with E-state index >= 15 is 0 Å². The highest BCUT2D eigenvalue weighted by atomic mass is 16.2. The van der Waals surface area contributed by atoms with Crippen molar-refractivity contribution < 1.29 is 4.79 Å². The Hall–Kier alpha value is -2.45. The predicted octanol–water partition coefficient (Wildman–Crippen LogP) is -1.23. The number of nitrogen functional groups attached to an aromatic ring is 3. The van der Waals surface area contributed by atoms with Gasteiger partial charge < -0.3 is 22.9 Å². The summed E-state index contributed by atoms with van der Waals surface area (Å²) in [4.78, 5) is 23.2. The highest BCUT2D eigenvalue weighted by Gasteiger charge is 1.93. The fraction of sp³-hybridized carbons (Fsp3) is 0.167. The molecule has 0 unspecified atom stereocenters. The third-order valence-electron chi connectivity index (χ3n) is 0.944. The van der Waals surface area contributed by atoms with Crippen LogP contribution in [0.15, 0.2) is 4.99 Å². The second kappa shape index (κ2) is 6.07. The third kappa shape index (κ3) is 6.69. The molecule has 0 bridgehead atoms. The van der Waals surface area contributed by atoms with Gasteiger partial charge in [-0.2, -0.15) is 15.0 Å². The van der Waals surface area contributed by atoms with Crippen LogP contribution in [-0.2, 0) is 0 Å². The number of hydrogen-bond donors (Lipinski definition) is 4. The standard InChI is InChI=1S/C3H6N6.C3H6N2O/c4-1-7-2(5)9-3(6)8-1;1-2-5-3(4)6/h(H6,4,5,6,7,8,9);2H,1H3,(H2,4,6). The fourth-order valence-electron chi connectivity index (χ4n) is 0.554. The van der Waals surface area contributed by atoms with Crippen LogP contribution in [0.4, 0.5) is 22.6 Å². The van der Waals surface area contributed by atoms with Crippen LogP contribution in [0.3, 0.4) is 0 Å². The SMILES string of the molecule is CC=NC(N)=O.Nc1nc(N)nc(N)n1. The van der Waals surface area contributed by atoms with Gasteiger partial charge in [0.05, 0.1) is 0 Å². The molecule has 82 valence electrons. The van der Waals surface area contributed by atoms with E-state index in [-0.39, 0.29) is 17.8 Å². The number of carbonyl (C=O) groups excluding carboxylic acids is 1. The van der Waals surface area contributed by atoms with Gasteiger partial charge in [0.15, 0.2) is 0 Å². The van der Waals surface area contributed by atoms with Gasteiger partial charge in [-0.25, -0.2) is 9.79 Å². The Morgan fingerprint density at radius 2 is 1.47 bits per heavy atom. The molecular formula is C6H12N8O. The summed E-state index contributed by atoms with van der Waals surface area (Å²) >= 11 is 0. The number of amides is 2. The van der Waals surface area contributed by atoms with E-state index in [9.17, 15) is 4.79 Å². The molecule has 0 aliphatic heterocycles. The molecule has 1 aromatic heterocycles. The molecule has 1 heterocycles. The van der Waals surface area contributed by atoms with E-state index in [0.717, 1.165) is 0 Å². The molecule has 0 aromatic carbocycles. The van der Waals surface area contributed by atoms with Crippen molar-refractivity contribution >= 4 is 30.1 Å². The van der Waals surface area contributed by atoms with Gasteiger partial charge in [-0.3, -0.25) is 0 Å². The molecule has 0 saturated heterocycles. The number of carbonyl (C=O) groups is 1. The van der Waals surface area contributed by atoms with Crippen molar-refractivity contribution in [1.29, 1.82) is 0 Å². The van der Waals surface area contributed by atoms with Crippen molar-refractivity contribution in [2.24, 2.45) is 10.7 Å². The summed E-state index contributed by atoms with van der Waals surface area (Å²) in [5.41, 5.74) is 20.0. The zero-order chi connectivity index (χ0) is 11.8. The largest absolute Gasteiger partial charge is 0.368 e. The zero-order valence-electron chi connectivity index (χ0n) is 8.08. The van der Waals surface area contributed by atoms with E-state index in [1.165, 1.54) is 6.21 Å². The number of nitrogens with two attached hydrogens (primary N) is 4. The molecule has 0 atom stereocenters. The highest BCUT2D eigenvalue weighted by molar-refractivity contribution is 5.81. The number of aromatic nitrogens is 3. The maximum atomic E-state index is 9.62. The smallest absolute Gasteiger partial charge is 0.337 e. The van der Waals surface area contributed by atoms with Crippen molar-refractivity contribution in [3.63, 3.8) is 0 Å². The molecule has 1 rings (SSSR count). The Morgan fingerprint density at radius 3 is 1.60 bits per heavy atom. The lowest BCUT2D eigenvalue weighted by Gasteiger charge is -1.93. The Kier molecular flexibility index (Phi) is 5.08. The molecule has 1 aromatic rings. The van der Waals surface area contributed by atoms with E-state index in [1.54, 1.807) is 6.92 Å². The second-order valence-corrected chi connectivity index (χ2v) is 2.14. The Morgan fingerprint density at radius 1 is 1.13 bits per heavy atom. The first-order chi connectivity index (χ1) is 6.95. The minimum absolute atomic E-state index is 0.0417. The quantitative estimate of drug-likeness (QED) is 0.389. The summed E-state index contributed by atoms with van der Waals surface area (Å²) in [5.74, 6) is 0.125. The number of urea groups is 1. The van der Waals surface area contributed by atoms with Crippen LogP contribution >= 0.6 is 0 Å². The van der Waals surface area contributed by atoms with Crippen LogP contribution in [-0.4, -0.2) is 27.2 Å². The maximum Gasteiger partial charge on any atom is 0.337 e. The third-order valence-corrected chi connectivity index (χ3v) is 0.944. The summed E-state index contributed by atoms with van der Waals surface area (Å²) in [6.07, 6.45) is 1.35. The predicted molar refractivity (Wildman–Crippen MR) is 56.8 cm³/mol. The molecule has 0 fully saturated rings. The van der Waals surface area contributed by atoms with E-state index in [0.29, 0.717) is 0 Å². The van der Waals surface area contributed by atoms with Crippen LogP contribution in [0.25, 0.3) is 0 Å². The zero-order valence-corrected chi connectivity index (χ0v) is 8.08. The van der Waals surface area contributed by atoms with Crippen molar-refractivity contribution in [2.45, 2.75) is 6.92 Å². The van der Waals surface area contributed by atoms with Crippen molar-refractivity contribution in [1.82, 2.24) is 15.0 Å². The Labute approximate surface area is 85.6 Å². The first-order valence-electron chi connectivity index (χ1n) is 3.76. The molecule has 9 nitrogen and oxygen atoms in total. The van der Waals surface area contributed by atoms with E-state index < -0.39 is 6.03 Å². The summed E-state index contributed by atoms with van der Waals surface area (Å²) in [6.45, 7) is 1.63. The fourth-order valence-corrected chi connectivity index (χ4v) is 0.554. The molecule has 0 aliphatic carbocycles. The number of aliphatic imine (C=N–C) groups is 1. The molecular weight excluding hydrogens is 200 g/mol. The van der Waals surface area contributed by atoms with Gasteiger partial charge in [-0.05, 0) is 6.92 Å². The number of nitrogens with zero attached hydrogens (tertiary/aromatic N) is 4. The van der Waals surface area contributed by atoms with E-state index in [2.05, 4.69) is 25.7 Å². The van der Waals surface area contributed by atoms with Crippen LogP contribution < -0.4 is 22.9 Å². The van der Waals surface area contributed by atoms with Gasteiger partial charge in [0.2, 0.25) is 17.8 Å². The molecule has 9 heteroatoms. The molecule has 0 radical (unpaired) electrons. The second-order valence-electron chi connectivity index (χ2n) is 2.14. The lowest BCUT2D eigenvalue weighted by atomic mass is 10.9.